The fourth-order valence-corrected chi connectivity index (χ4v) is 3.31. The number of allylic oxidation sites excluding steroid dienone is 2. The van der Waals surface area contributed by atoms with Gasteiger partial charge in [0.05, 0.1) is 40.6 Å². The molecule has 2 aliphatic heterocycles. The summed E-state index contributed by atoms with van der Waals surface area (Å²) < 4.78 is 0. The lowest BCUT2D eigenvalue weighted by Gasteiger charge is -2.31. The van der Waals surface area contributed by atoms with Crippen molar-refractivity contribution in [2.75, 3.05) is 10.2 Å². The molecule has 25 heavy (non-hydrogen) atoms. The van der Waals surface area contributed by atoms with Gasteiger partial charge in [0.2, 0.25) is 0 Å². The first-order valence-electron chi connectivity index (χ1n) is 7.65. The van der Waals surface area contributed by atoms with Gasteiger partial charge >= 0.3 is 0 Å². The number of hydrogen-bond donors (Lipinski definition) is 3. The third-order valence-corrected chi connectivity index (χ3v) is 4.44. The Hall–Kier alpha value is -3.90. The molecule has 0 unspecified atom stereocenters. The summed E-state index contributed by atoms with van der Waals surface area (Å²) in [6.07, 6.45) is 0. The van der Waals surface area contributed by atoms with Gasteiger partial charge in [-0.25, -0.2) is 0 Å². The highest BCUT2D eigenvalue weighted by atomic mass is 16.3. The number of nitrogens with one attached hydrogen (secondary N) is 1. The van der Waals surface area contributed by atoms with Gasteiger partial charge < -0.3 is 16.2 Å². The Kier molecular flexibility index (Phi) is 3.13. The molecule has 0 fully saturated rings. The molecule has 1 atom stereocenters. The van der Waals surface area contributed by atoms with E-state index in [-0.39, 0.29) is 5.75 Å². The molecule has 0 amide bonds. The summed E-state index contributed by atoms with van der Waals surface area (Å²) in [6, 6.07) is 18.4. The van der Waals surface area contributed by atoms with E-state index in [2.05, 4.69) is 17.5 Å². The van der Waals surface area contributed by atoms with Gasteiger partial charge in [0.15, 0.2) is 0 Å². The van der Waals surface area contributed by atoms with E-state index in [0.29, 0.717) is 22.8 Å². The second kappa shape index (κ2) is 5.33. The number of benzene rings is 2. The number of para-hydroxylation sites is 2. The molecule has 0 spiro atoms. The van der Waals surface area contributed by atoms with Gasteiger partial charge in [-0.05, 0) is 29.8 Å². The minimum absolute atomic E-state index is 0.120. The number of aromatic hydroxyl groups is 1. The SMILES string of the molecule is N#CC1=C(N)N2C(=C(C#N)[C@@H]1c1ccc(O)cc1)Nc1ccccc12. The van der Waals surface area contributed by atoms with Crippen LogP contribution in [0.25, 0.3) is 0 Å². The standard InChI is InChI=1S/C19H13N5O/c20-9-13-17(11-5-7-12(25)8-6-11)14(10-21)19-23-15-3-1-2-4-16(15)24(19)18(13)22/h1-8,17,23,25H,22H2/t17-/m1/s1. The molecule has 0 radical (unpaired) electrons. The molecular weight excluding hydrogens is 314 g/mol. The first kappa shape index (κ1) is 14.7. The Morgan fingerprint density at radius 2 is 1.68 bits per heavy atom. The zero-order valence-electron chi connectivity index (χ0n) is 13.1. The number of anilines is 2. The molecule has 0 saturated carbocycles. The lowest BCUT2D eigenvalue weighted by atomic mass is 9.83. The highest BCUT2D eigenvalue weighted by molar-refractivity contribution is 5.86. The number of phenols is 1. The molecular formula is C19H13N5O. The van der Waals surface area contributed by atoms with Crippen LogP contribution in [-0.4, -0.2) is 5.11 Å². The van der Waals surface area contributed by atoms with E-state index in [4.69, 9.17) is 5.73 Å². The summed E-state index contributed by atoms with van der Waals surface area (Å²) in [4.78, 5) is 1.71. The Labute approximate surface area is 144 Å². The highest BCUT2D eigenvalue weighted by Gasteiger charge is 2.40. The number of phenolic OH excluding ortho intramolecular Hbond substituents is 1. The predicted molar refractivity (Wildman–Crippen MR) is 92.9 cm³/mol. The maximum absolute atomic E-state index is 9.81. The van der Waals surface area contributed by atoms with Crippen LogP contribution in [0.5, 0.6) is 5.75 Å². The Morgan fingerprint density at radius 3 is 2.36 bits per heavy atom. The minimum Gasteiger partial charge on any atom is -0.508 e. The van der Waals surface area contributed by atoms with Crippen LogP contribution in [0.2, 0.25) is 0 Å². The molecule has 120 valence electrons. The van der Waals surface area contributed by atoms with Crippen LogP contribution >= 0.6 is 0 Å². The first-order valence-corrected chi connectivity index (χ1v) is 7.65. The lowest BCUT2D eigenvalue weighted by molar-refractivity contribution is 0.475. The summed E-state index contributed by atoms with van der Waals surface area (Å²) in [6.45, 7) is 0. The van der Waals surface area contributed by atoms with Crippen molar-refractivity contribution in [2.24, 2.45) is 5.73 Å². The number of rotatable bonds is 1. The largest absolute Gasteiger partial charge is 0.508 e. The maximum Gasteiger partial charge on any atom is 0.131 e. The van der Waals surface area contributed by atoms with E-state index in [1.54, 1.807) is 17.0 Å². The Morgan fingerprint density at radius 1 is 1.00 bits per heavy atom. The average Bonchev–Trinajstić information content (AvgIpc) is 3.02. The summed E-state index contributed by atoms with van der Waals surface area (Å²) in [5.74, 6) is 0.406. The van der Waals surface area contributed by atoms with Gasteiger partial charge in [-0.3, -0.25) is 4.90 Å². The molecule has 0 aromatic heterocycles. The Bertz CT molecular complexity index is 1020. The number of nitriles is 2. The van der Waals surface area contributed by atoms with Crippen molar-refractivity contribution >= 4 is 11.4 Å². The topological polar surface area (TPSA) is 109 Å². The van der Waals surface area contributed by atoms with E-state index < -0.39 is 5.92 Å². The van der Waals surface area contributed by atoms with E-state index in [1.165, 1.54) is 12.1 Å². The van der Waals surface area contributed by atoms with Crippen LogP contribution in [0.3, 0.4) is 0 Å². The van der Waals surface area contributed by atoms with Gasteiger partial charge in [0.1, 0.15) is 17.4 Å². The van der Waals surface area contributed by atoms with Gasteiger partial charge in [-0.2, -0.15) is 10.5 Å². The van der Waals surface area contributed by atoms with Gasteiger partial charge in [-0.1, -0.05) is 24.3 Å². The lowest BCUT2D eigenvalue weighted by Crippen LogP contribution is -2.34. The second-order valence-electron chi connectivity index (χ2n) is 5.79. The van der Waals surface area contributed by atoms with Crippen molar-refractivity contribution < 1.29 is 5.11 Å². The quantitative estimate of drug-likeness (QED) is 0.743. The average molecular weight is 327 g/mol. The van der Waals surface area contributed by atoms with Crippen LogP contribution in [0.15, 0.2) is 71.3 Å². The van der Waals surface area contributed by atoms with Crippen molar-refractivity contribution in [2.45, 2.75) is 5.92 Å². The predicted octanol–water partition coefficient (Wildman–Crippen LogP) is 2.85. The van der Waals surface area contributed by atoms with Crippen molar-refractivity contribution in [3.05, 3.63) is 76.9 Å². The summed E-state index contributed by atoms with van der Waals surface area (Å²) >= 11 is 0. The molecule has 2 aromatic rings. The van der Waals surface area contributed by atoms with E-state index in [9.17, 15) is 15.6 Å². The normalized spacial score (nSPS) is 18.2. The second-order valence-corrected chi connectivity index (χ2v) is 5.79. The molecule has 4 rings (SSSR count). The molecule has 0 aliphatic carbocycles. The fourth-order valence-electron chi connectivity index (χ4n) is 3.31. The zero-order chi connectivity index (χ0) is 17.6. The third kappa shape index (κ3) is 2.02. The van der Waals surface area contributed by atoms with Crippen LogP contribution in [0.1, 0.15) is 11.5 Å². The van der Waals surface area contributed by atoms with Gasteiger partial charge in [-0.15, -0.1) is 0 Å². The molecule has 2 aliphatic rings. The van der Waals surface area contributed by atoms with Gasteiger partial charge in [0.25, 0.3) is 0 Å². The van der Waals surface area contributed by atoms with E-state index >= 15 is 0 Å². The number of nitrogens with two attached hydrogens (primary N) is 1. The molecule has 0 saturated heterocycles. The van der Waals surface area contributed by atoms with Crippen LogP contribution in [0, 0.1) is 22.7 Å². The van der Waals surface area contributed by atoms with Crippen molar-refractivity contribution in [3.8, 4) is 17.9 Å². The van der Waals surface area contributed by atoms with Crippen molar-refractivity contribution in [3.63, 3.8) is 0 Å². The minimum atomic E-state index is -0.580. The van der Waals surface area contributed by atoms with Crippen LogP contribution in [-0.2, 0) is 0 Å². The number of hydrogen-bond acceptors (Lipinski definition) is 6. The highest BCUT2D eigenvalue weighted by Crippen LogP contribution is 2.47. The van der Waals surface area contributed by atoms with Crippen LogP contribution in [0.4, 0.5) is 11.4 Å². The molecule has 0 bridgehead atoms. The molecule has 6 nitrogen and oxygen atoms in total. The fraction of sp³-hybridized carbons (Fsp3) is 0.0526. The first-order chi connectivity index (χ1) is 12.2. The molecule has 2 aromatic carbocycles. The molecule has 4 N–H and O–H groups in total. The summed E-state index contributed by atoms with van der Waals surface area (Å²) in [5.41, 5.74) is 9.39. The van der Waals surface area contributed by atoms with E-state index in [0.717, 1.165) is 16.9 Å². The number of nitrogens with zero attached hydrogens (tertiary/aromatic N) is 3. The molecule has 2 heterocycles. The maximum atomic E-state index is 9.81. The van der Waals surface area contributed by atoms with Crippen molar-refractivity contribution in [1.29, 1.82) is 10.5 Å². The summed E-state index contributed by atoms with van der Waals surface area (Å²) in [5, 5.41) is 32.3. The number of fused-ring (bicyclic) bond motifs is 3. The summed E-state index contributed by atoms with van der Waals surface area (Å²) in [7, 11) is 0. The van der Waals surface area contributed by atoms with E-state index in [1.807, 2.05) is 24.3 Å². The Balaban J connectivity index is 1.96. The van der Waals surface area contributed by atoms with Gasteiger partial charge in [0, 0.05) is 0 Å². The zero-order valence-corrected chi connectivity index (χ0v) is 13.1. The monoisotopic (exact) mass is 327 g/mol. The van der Waals surface area contributed by atoms with Crippen LogP contribution < -0.4 is 16.0 Å². The third-order valence-electron chi connectivity index (χ3n) is 4.44. The van der Waals surface area contributed by atoms with Crippen molar-refractivity contribution in [1.82, 2.24) is 0 Å². The molecule has 6 heteroatoms. The smallest absolute Gasteiger partial charge is 0.131 e.